The minimum Gasteiger partial charge on any atom is -0.460 e. The minimum absolute atomic E-state index is 0.0643. The van der Waals surface area contributed by atoms with Crippen molar-refractivity contribution in [3.63, 3.8) is 0 Å². The summed E-state index contributed by atoms with van der Waals surface area (Å²) in [6.07, 6.45) is 3.89. The summed E-state index contributed by atoms with van der Waals surface area (Å²) < 4.78 is 5.06. The van der Waals surface area contributed by atoms with Crippen molar-refractivity contribution in [3.05, 3.63) is 11.6 Å². The van der Waals surface area contributed by atoms with Crippen LogP contribution in [0.15, 0.2) is 11.6 Å². The third-order valence-corrected chi connectivity index (χ3v) is 2.06. The lowest BCUT2D eigenvalue weighted by Crippen LogP contribution is -2.32. The van der Waals surface area contributed by atoms with Gasteiger partial charge in [-0.05, 0) is 39.3 Å². The van der Waals surface area contributed by atoms with E-state index < -0.39 is 0 Å². The molecule has 0 aromatic rings. The molecule has 0 radical (unpaired) electrons. The van der Waals surface area contributed by atoms with Crippen molar-refractivity contribution < 1.29 is 9.53 Å². The topological polar surface area (TPSA) is 38.3 Å². The molecule has 0 unspecified atom stereocenters. The second-order valence-electron chi connectivity index (χ2n) is 3.56. The van der Waals surface area contributed by atoms with Crippen molar-refractivity contribution in [1.82, 2.24) is 5.32 Å². The van der Waals surface area contributed by atoms with Crippen LogP contribution in [0.1, 0.15) is 26.7 Å². The van der Waals surface area contributed by atoms with E-state index in [1.54, 1.807) is 0 Å². The maximum absolute atomic E-state index is 11.3. The first-order valence-electron chi connectivity index (χ1n) is 4.73. The molecule has 1 N–H and O–H groups in total. The van der Waals surface area contributed by atoms with Gasteiger partial charge in [0.1, 0.15) is 12.6 Å². The van der Waals surface area contributed by atoms with Crippen LogP contribution in [-0.2, 0) is 9.53 Å². The fraction of sp³-hybridized carbons (Fsp3) is 0.700. The average molecular weight is 183 g/mol. The number of allylic oxidation sites excluding steroid dienone is 1. The third-order valence-electron chi connectivity index (χ3n) is 2.06. The van der Waals surface area contributed by atoms with Crippen LogP contribution in [0.5, 0.6) is 0 Å². The van der Waals surface area contributed by atoms with Crippen LogP contribution in [0, 0.1) is 0 Å². The van der Waals surface area contributed by atoms with Gasteiger partial charge in [0, 0.05) is 0 Å². The highest BCUT2D eigenvalue weighted by Crippen LogP contribution is 2.06. The Morgan fingerprint density at radius 3 is 2.92 bits per heavy atom. The van der Waals surface area contributed by atoms with Gasteiger partial charge in [-0.3, -0.25) is 4.79 Å². The van der Waals surface area contributed by atoms with Crippen LogP contribution in [0.4, 0.5) is 0 Å². The monoisotopic (exact) mass is 183 g/mol. The Kier molecular flexibility index (Phi) is 3.96. The zero-order valence-electron chi connectivity index (χ0n) is 8.30. The van der Waals surface area contributed by atoms with E-state index >= 15 is 0 Å². The SMILES string of the molecule is CC(C)=CCOC(=O)[C@@H]1CCCN1. The van der Waals surface area contributed by atoms with E-state index in [-0.39, 0.29) is 12.0 Å². The molecular formula is C10H17NO2. The lowest BCUT2D eigenvalue weighted by Gasteiger charge is -2.08. The maximum Gasteiger partial charge on any atom is 0.323 e. The number of ether oxygens (including phenoxy) is 1. The van der Waals surface area contributed by atoms with E-state index in [9.17, 15) is 4.79 Å². The number of esters is 1. The first-order valence-corrected chi connectivity index (χ1v) is 4.73. The molecule has 1 aliphatic heterocycles. The molecule has 1 aliphatic rings. The van der Waals surface area contributed by atoms with Gasteiger partial charge in [-0.2, -0.15) is 0 Å². The van der Waals surface area contributed by atoms with Gasteiger partial charge in [0.15, 0.2) is 0 Å². The van der Waals surface area contributed by atoms with Crippen molar-refractivity contribution in [1.29, 1.82) is 0 Å². The Morgan fingerprint density at radius 1 is 1.62 bits per heavy atom. The van der Waals surface area contributed by atoms with E-state index in [0.29, 0.717) is 6.61 Å². The quantitative estimate of drug-likeness (QED) is 0.528. The van der Waals surface area contributed by atoms with E-state index in [0.717, 1.165) is 19.4 Å². The maximum atomic E-state index is 11.3. The Bertz CT molecular complexity index is 201. The van der Waals surface area contributed by atoms with E-state index in [1.165, 1.54) is 5.57 Å². The molecule has 0 aromatic heterocycles. The fourth-order valence-electron chi connectivity index (χ4n) is 1.28. The highest BCUT2D eigenvalue weighted by Gasteiger charge is 2.22. The molecule has 0 saturated carbocycles. The zero-order valence-corrected chi connectivity index (χ0v) is 8.30. The van der Waals surface area contributed by atoms with Gasteiger partial charge in [-0.25, -0.2) is 0 Å². The van der Waals surface area contributed by atoms with Crippen LogP contribution >= 0.6 is 0 Å². The molecule has 1 atom stereocenters. The molecule has 0 aliphatic carbocycles. The largest absolute Gasteiger partial charge is 0.460 e. The predicted molar refractivity (Wildman–Crippen MR) is 51.4 cm³/mol. The predicted octanol–water partition coefficient (Wildman–Crippen LogP) is 1.25. The lowest BCUT2D eigenvalue weighted by molar-refractivity contribution is -0.144. The van der Waals surface area contributed by atoms with Gasteiger partial charge >= 0.3 is 5.97 Å². The van der Waals surface area contributed by atoms with Crippen LogP contribution in [0.25, 0.3) is 0 Å². The smallest absolute Gasteiger partial charge is 0.323 e. The van der Waals surface area contributed by atoms with Gasteiger partial charge < -0.3 is 10.1 Å². The van der Waals surface area contributed by atoms with Crippen LogP contribution in [-0.4, -0.2) is 25.2 Å². The second kappa shape index (κ2) is 5.02. The summed E-state index contributed by atoms with van der Waals surface area (Å²) in [7, 11) is 0. The number of hydrogen-bond acceptors (Lipinski definition) is 3. The molecule has 3 heteroatoms. The standard InChI is InChI=1S/C10H17NO2/c1-8(2)5-7-13-10(12)9-4-3-6-11-9/h5,9,11H,3-4,6-7H2,1-2H3/t9-/m0/s1. The Balaban J connectivity index is 2.21. The van der Waals surface area contributed by atoms with Gasteiger partial charge in [0.2, 0.25) is 0 Å². The molecular weight excluding hydrogens is 166 g/mol. The highest BCUT2D eigenvalue weighted by atomic mass is 16.5. The lowest BCUT2D eigenvalue weighted by atomic mass is 10.2. The first kappa shape index (κ1) is 10.3. The molecule has 0 aromatic carbocycles. The Hall–Kier alpha value is -0.830. The molecule has 0 spiro atoms. The molecule has 1 rings (SSSR count). The number of carbonyl (C=O) groups excluding carboxylic acids is 1. The molecule has 0 amide bonds. The summed E-state index contributed by atoms with van der Waals surface area (Å²) in [5, 5.41) is 3.10. The summed E-state index contributed by atoms with van der Waals surface area (Å²) >= 11 is 0. The summed E-state index contributed by atoms with van der Waals surface area (Å²) in [6, 6.07) is -0.0643. The number of nitrogens with one attached hydrogen (secondary N) is 1. The van der Waals surface area contributed by atoms with Crippen LogP contribution < -0.4 is 5.32 Å². The Labute approximate surface area is 79.2 Å². The van der Waals surface area contributed by atoms with Crippen LogP contribution in [0.2, 0.25) is 0 Å². The molecule has 0 bridgehead atoms. The van der Waals surface area contributed by atoms with Gasteiger partial charge in [0.05, 0.1) is 0 Å². The van der Waals surface area contributed by atoms with E-state index in [1.807, 2.05) is 19.9 Å². The van der Waals surface area contributed by atoms with Gasteiger partial charge in [-0.1, -0.05) is 5.57 Å². The molecule has 1 heterocycles. The molecule has 13 heavy (non-hydrogen) atoms. The van der Waals surface area contributed by atoms with Crippen molar-refractivity contribution in [2.45, 2.75) is 32.7 Å². The summed E-state index contributed by atoms with van der Waals surface area (Å²) in [4.78, 5) is 11.3. The molecule has 3 nitrogen and oxygen atoms in total. The van der Waals surface area contributed by atoms with E-state index in [2.05, 4.69) is 5.32 Å². The van der Waals surface area contributed by atoms with Crippen molar-refractivity contribution in [2.75, 3.05) is 13.2 Å². The second-order valence-corrected chi connectivity index (χ2v) is 3.56. The average Bonchev–Trinajstić information content (AvgIpc) is 2.55. The summed E-state index contributed by atoms with van der Waals surface area (Å²) in [5.41, 5.74) is 1.17. The molecule has 1 saturated heterocycles. The molecule has 74 valence electrons. The number of hydrogen-bond donors (Lipinski definition) is 1. The van der Waals surface area contributed by atoms with Crippen LogP contribution in [0.3, 0.4) is 0 Å². The van der Waals surface area contributed by atoms with Gasteiger partial charge in [-0.15, -0.1) is 0 Å². The highest BCUT2D eigenvalue weighted by molar-refractivity contribution is 5.76. The Morgan fingerprint density at radius 2 is 2.38 bits per heavy atom. The van der Waals surface area contributed by atoms with Crippen molar-refractivity contribution >= 4 is 5.97 Å². The van der Waals surface area contributed by atoms with Crippen molar-refractivity contribution in [2.24, 2.45) is 0 Å². The van der Waals surface area contributed by atoms with Gasteiger partial charge in [0.25, 0.3) is 0 Å². The fourth-order valence-corrected chi connectivity index (χ4v) is 1.28. The zero-order chi connectivity index (χ0) is 9.68. The summed E-state index contributed by atoms with van der Waals surface area (Å²) in [5.74, 6) is -0.116. The summed E-state index contributed by atoms with van der Waals surface area (Å²) in [6.45, 7) is 5.31. The van der Waals surface area contributed by atoms with E-state index in [4.69, 9.17) is 4.74 Å². The number of carbonyl (C=O) groups is 1. The first-order chi connectivity index (χ1) is 6.20. The normalized spacial score (nSPS) is 21.2. The van der Waals surface area contributed by atoms with Crippen molar-refractivity contribution in [3.8, 4) is 0 Å². The molecule has 1 fully saturated rings. The number of rotatable bonds is 3. The third kappa shape index (κ3) is 3.59. The minimum atomic E-state index is -0.116.